The summed E-state index contributed by atoms with van der Waals surface area (Å²) in [4.78, 5) is 2.48. The average molecular weight is 404 g/mol. The summed E-state index contributed by atoms with van der Waals surface area (Å²) in [6.45, 7) is 13.3. The van der Waals surface area contributed by atoms with E-state index in [-0.39, 0.29) is 49.6 Å². The van der Waals surface area contributed by atoms with Gasteiger partial charge in [-0.2, -0.15) is 0 Å². The predicted octanol–water partition coefficient (Wildman–Crippen LogP) is 2.71. The van der Waals surface area contributed by atoms with Gasteiger partial charge in [0.15, 0.2) is 0 Å². The Balaban J connectivity index is -0.000000241. The molecule has 0 spiro atoms. The zero-order valence-corrected chi connectivity index (χ0v) is 17.4. The Morgan fingerprint density at radius 2 is 1.09 bits per heavy atom. The van der Waals surface area contributed by atoms with Crippen molar-refractivity contribution in [3.05, 3.63) is 0 Å². The van der Waals surface area contributed by atoms with Gasteiger partial charge in [-0.05, 0) is 78.0 Å². The first-order valence-corrected chi connectivity index (χ1v) is 7.69. The van der Waals surface area contributed by atoms with Crippen molar-refractivity contribution in [2.24, 2.45) is 5.73 Å². The van der Waals surface area contributed by atoms with E-state index in [4.69, 9.17) is 5.73 Å². The van der Waals surface area contributed by atoms with E-state index in [2.05, 4.69) is 29.4 Å². The zero-order valence-electron chi connectivity index (χ0n) is 14.1. The monoisotopic (exact) mass is 402 g/mol. The van der Waals surface area contributed by atoms with Gasteiger partial charge in [0, 0.05) is 0 Å². The Bertz CT molecular complexity index is 164. The predicted molar refractivity (Wildman–Crippen MR) is 110 cm³/mol. The molecule has 0 atom stereocenters. The topological polar surface area (TPSA) is 53.3 Å². The van der Waals surface area contributed by atoms with Crippen molar-refractivity contribution < 1.29 is 0 Å². The Kier molecular flexibility index (Phi) is 46.8. The molecule has 0 heterocycles. The largest absolute Gasteiger partial charge is 0.330 e. The average Bonchev–Trinajstić information content (AvgIpc) is 2.40. The third-order valence-electron chi connectivity index (χ3n) is 3.24. The van der Waals surface area contributed by atoms with Gasteiger partial charge < -0.3 is 21.3 Å². The fourth-order valence-corrected chi connectivity index (χ4v) is 1.94. The first kappa shape index (κ1) is 34.4. The number of nitrogens with two attached hydrogens (primary N) is 1. The van der Waals surface area contributed by atoms with Crippen LogP contribution in [0, 0.1) is 0 Å². The second-order valence-electron chi connectivity index (χ2n) is 4.73. The molecule has 4 nitrogen and oxygen atoms in total. The molecule has 0 saturated carbocycles. The molecule has 0 unspecified atom stereocenters. The lowest BCUT2D eigenvalue weighted by Gasteiger charge is -2.17. The molecular formula is C14H38Cl4N4. The Morgan fingerprint density at radius 3 is 1.50 bits per heavy atom. The van der Waals surface area contributed by atoms with E-state index in [1.54, 1.807) is 0 Å². The van der Waals surface area contributed by atoms with E-state index >= 15 is 0 Å². The highest BCUT2D eigenvalue weighted by molar-refractivity contribution is 5.86. The summed E-state index contributed by atoms with van der Waals surface area (Å²) < 4.78 is 0. The Morgan fingerprint density at radius 1 is 0.682 bits per heavy atom. The third-order valence-corrected chi connectivity index (χ3v) is 3.24. The summed E-state index contributed by atoms with van der Waals surface area (Å²) in [7, 11) is 0. The maximum Gasteiger partial charge on any atom is -0.000687 e. The maximum absolute atomic E-state index is 5.43. The van der Waals surface area contributed by atoms with Crippen LogP contribution in [-0.4, -0.2) is 57.3 Å². The van der Waals surface area contributed by atoms with Gasteiger partial charge in [0.2, 0.25) is 0 Å². The minimum Gasteiger partial charge on any atom is -0.330 e. The summed E-state index contributed by atoms with van der Waals surface area (Å²) in [6, 6.07) is 0. The molecule has 0 aliphatic carbocycles. The molecule has 0 saturated heterocycles. The van der Waals surface area contributed by atoms with Crippen LogP contribution >= 0.6 is 49.6 Å². The van der Waals surface area contributed by atoms with E-state index in [0.717, 1.165) is 39.1 Å². The van der Waals surface area contributed by atoms with Crippen molar-refractivity contribution in [1.82, 2.24) is 15.5 Å². The van der Waals surface area contributed by atoms with E-state index in [0.29, 0.717) is 0 Å². The lowest BCUT2D eigenvalue weighted by atomic mass is 10.3. The van der Waals surface area contributed by atoms with Crippen LogP contribution in [0.2, 0.25) is 0 Å². The van der Waals surface area contributed by atoms with Crippen LogP contribution < -0.4 is 16.4 Å². The van der Waals surface area contributed by atoms with Crippen molar-refractivity contribution in [3.8, 4) is 0 Å². The normalized spacial score (nSPS) is 9.27. The molecule has 142 valence electrons. The number of nitrogens with zero attached hydrogens (tertiary/aromatic N) is 1. The van der Waals surface area contributed by atoms with Crippen LogP contribution in [0.4, 0.5) is 0 Å². The van der Waals surface area contributed by atoms with Crippen LogP contribution in [0.3, 0.4) is 0 Å². The maximum atomic E-state index is 5.43. The van der Waals surface area contributed by atoms with Gasteiger partial charge in [0.05, 0.1) is 0 Å². The van der Waals surface area contributed by atoms with Gasteiger partial charge in [-0.15, -0.1) is 49.6 Å². The van der Waals surface area contributed by atoms with Crippen LogP contribution in [0.5, 0.6) is 0 Å². The Hall–Kier alpha value is 1.00. The lowest BCUT2D eigenvalue weighted by Crippen LogP contribution is -2.27. The fraction of sp³-hybridized carbons (Fsp3) is 1.00. The minimum atomic E-state index is 0. The van der Waals surface area contributed by atoms with Gasteiger partial charge in [-0.1, -0.05) is 13.8 Å². The first-order valence-electron chi connectivity index (χ1n) is 7.69. The van der Waals surface area contributed by atoms with E-state index in [9.17, 15) is 0 Å². The molecule has 0 rings (SSSR count). The van der Waals surface area contributed by atoms with E-state index in [1.165, 1.54) is 38.9 Å². The molecule has 4 N–H and O–H groups in total. The van der Waals surface area contributed by atoms with Crippen molar-refractivity contribution in [2.75, 3.05) is 52.4 Å². The number of hydrogen-bond donors (Lipinski definition) is 3. The summed E-state index contributed by atoms with van der Waals surface area (Å²) in [5.74, 6) is 0. The second-order valence-corrected chi connectivity index (χ2v) is 4.73. The van der Waals surface area contributed by atoms with Crippen LogP contribution in [-0.2, 0) is 0 Å². The van der Waals surface area contributed by atoms with Gasteiger partial charge in [0.1, 0.15) is 0 Å². The van der Waals surface area contributed by atoms with Crippen molar-refractivity contribution in [3.63, 3.8) is 0 Å². The highest BCUT2D eigenvalue weighted by atomic mass is 35.5. The molecule has 0 aliphatic rings. The summed E-state index contributed by atoms with van der Waals surface area (Å²) in [5, 5.41) is 6.92. The summed E-state index contributed by atoms with van der Waals surface area (Å²) in [5.41, 5.74) is 5.43. The van der Waals surface area contributed by atoms with Gasteiger partial charge in [0.25, 0.3) is 0 Å². The second kappa shape index (κ2) is 29.9. The van der Waals surface area contributed by atoms with Crippen molar-refractivity contribution >= 4 is 49.6 Å². The molecule has 0 bridgehead atoms. The number of unbranched alkanes of at least 4 members (excludes halogenated alkanes) is 1. The summed E-state index contributed by atoms with van der Waals surface area (Å²) in [6.07, 6.45) is 4.87. The number of halogens is 4. The van der Waals surface area contributed by atoms with Crippen molar-refractivity contribution in [2.45, 2.75) is 39.5 Å². The lowest BCUT2D eigenvalue weighted by molar-refractivity contribution is 0.298. The zero-order chi connectivity index (χ0) is 13.5. The van der Waals surface area contributed by atoms with E-state index in [1.807, 2.05) is 0 Å². The van der Waals surface area contributed by atoms with E-state index < -0.39 is 0 Å². The summed E-state index contributed by atoms with van der Waals surface area (Å²) >= 11 is 0. The molecule has 0 aromatic rings. The van der Waals surface area contributed by atoms with Crippen molar-refractivity contribution in [1.29, 1.82) is 0 Å². The van der Waals surface area contributed by atoms with Gasteiger partial charge >= 0.3 is 0 Å². The highest BCUT2D eigenvalue weighted by Crippen LogP contribution is 1.90. The molecule has 0 amide bonds. The quantitative estimate of drug-likeness (QED) is 0.390. The fourth-order valence-electron chi connectivity index (χ4n) is 1.94. The highest BCUT2D eigenvalue weighted by Gasteiger charge is 1.97. The molecule has 0 aromatic carbocycles. The molecule has 0 aliphatic heterocycles. The first-order chi connectivity index (χ1) is 8.85. The minimum absolute atomic E-state index is 0. The van der Waals surface area contributed by atoms with Crippen LogP contribution in [0.15, 0.2) is 0 Å². The number of nitrogens with one attached hydrogen (secondary N) is 2. The van der Waals surface area contributed by atoms with Crippen LogP contribution in [0.1, 0.15) is 39.5 Å². The third kappa shape index (κ3) is 25.9. The van der Waals surface area contributed by atoms with Crippen LogP contribution in [0.25, 0.3) is 0 Å². The molecule has 0 aromatic heterocycles. The Labute approximate surface area is 162 Å². The molecule has 0 fully saturated rings. The smallest absolute Gasteiger partial charge is 0.000687 e. The molecular weight excluding hydrogens is 366 g/mol. The van der Waals surface area contributed by atoms with Gasteiger partial charge in [-0.25, -0.2) is 0 Å². The van der Waals surface area contributed by atoms with Gasteiger partial charge in [-0.3, -0.25) is 0 Å². The molecule has 22 heavy (non-hydrogen) atoms. The SMILES string of the molecule is CCN(CC)CCCNCCCCNCCCN.Cl.Cl.Cl.Cl. The number of rotatable bonds is 14. The molecule has 0 radical (unpaired) electrons. The number of hydrogen-bond acceptors (Lipinski definition) is 4. The molecule has 8 heteroatoms. The standard InChI is InChI=1S/C14H34N4.4ClH/c1-3-18(4-2)14-8-13-17-11-6-5-10-16-12-7-9-15;;;;/h16-17H,3-15H2,1-2H3;4*1H.